The van der Waals surface area contributed by atoms with Crippen LogP contribution >= 0.6 is 23.2 Å². The highest BCUT2D eigenvalue weighted by Gasteiger charge is 2.40. The fourth-order valence-electron chi connectivity index (χ4n) is 4.64. The Balaban J connectivity index is 0.00000260. The lowest BCUT2D eigenvalue weighted by Gasteiger charge is -2.46. The van der Waals surface area contributed by atoms with E-state index in [0.29, 0.717) is 22.2 Å². The van der Waals surface area contributed by atoms with E-state index in [1.807, 2.05) is 0 Å². The second-order valence-corrected chi connectivity index (χ2v) is 10.1. The number of nitrogens with zero attached hydrogens (tertiary/aromatic N) is 3. The quantitative estimate of drug-likeness (QED) is 0.328. The van der Waals surface area contributed by atoms with Gasteiger partial charge in [0.25, 0.3) is 0 Å². The minimum atomic E-state index is -1.34. The van der Waals surface area contributed by atoms with Crippen molar-refractivity contribution in [3.05, 3.63) is 33.8 Å². The minimum absolute atomic E-state index is 0.0710. The lowest BCUT2D eigenvalue weighted by Crippen LogP contribution is -2.65. The van der Waals surface area contributed by atoms with Gasteiger partial charge in [-0.25, -0.2) is 4.79 Å². The number of amides is 2. The lowest BCUT2D eigenvalue weighted by molar-refractivity contribution is -0.152. The fraction of sp³-hybridized carbons (Fsp3) is 0.538. The summed E-state index contributed by atoms with van der Waals surface area (Å²) in [6, 6.07) is 2.64. The van der Waals surface area contributed by atoms with E-state index in [-0.39, 0.29) is 38.1 Å². The van der Waals surface area contributed by atoms with Gasteiger partial charge in [0.2, 0.25) is 5.91 Å². The molecule has 2 heterocycles. The van der Waals surface area contributed by atoms with Gasteiger partial charge in [-0.15, -0.1) is 12.8 Å². The molecule has 0 bridgehead atoms. The second kappa shape index (κ2) is 15.5. The number of terminal acetylenes is 1. The van der Waals surface area contributed by atoms with Crippen LogP contribution in [0.2, 0.25) is 10.0 Å². The molecule has 0 aliphatic carbocycles. The third-order valence-corrected chi connectivity index (χ3v) is 7.29. The van der Waals surface area contributed by atoms with Gasteiger partial charge in [-0.3, -0.25) is 19.3 Å². The molecule has 3 rings (SSSR count). The summed E-state index contributed by atoms with van der Waals surface area (Å²) < 4.78 is 10.2. The van der Waals surface area contributed by atoms with Crippen LogP contribution in [0.5, 0.6) is 0 Å². The number of nitrogens with two attached hydrogens (primary N) is 1. The number of carboxylic acid groups (broad SMARTS) is 1. The first-order chi connectivity index (χ1) is 18.6. The Kier molecular flexibility index (Phi) is 12.8. The number of carbonyl (C=O) groups excluding carboxylic acids is 3. The Morgan fingerprint density at radius 3 is 2.31 bits per heavy atom. The van der Waals surface area contributed by atoms with Crippen molar-refractivity contribution in [1.82, 2.24) is 14.7 Å². The topological polar surface area (TPSA) is 143 Å². The molecule has 3 atom stereocenters. The molecule has 0 saturated carbocycles. The maximum Gasteiger partial charge on any atom is 0.409 e. The monoisotopic (exact) mass is 584 g/mol. The number of carboxylic acids is 1. The van der Waals surface area contributed by atoms with Crippen molar-refractivity contribution in [1.29, 1.82) is 0 Å². The molecule has 2 saturated heterocycles. The zero-order chi connectivity index (χ0) is 29.1. The SMILES string of the molecule is C#C.COC(=O)N1C[C@@H](CN2CCCC2)N(C(=O)Cc2ccc(Cl)c(Cl)c2)C[C@H]1COC(=O)[C@H](N)CC(=O)O. The van der Waals surface area contributed by atoms with E-state index in [0.717, 1.165) is 25.9 Å². The molecule has 2 amide bonds. The molecule has 0 aromatic heterocycles. The number of carbonyl (C=O) groups is 4. The summed E-state index contributed by atoms with van der Waals surface area (Å²) in [5.74, 6) is -2.31. The molecule has 3 N–H and O–H groups in total. The molecule has 2 fully saturated rings. The zero-order valence-electron chi connectivity index (χ0n) is 21.8. The van der Waals surface area contributed by atoms with Crippen molar-refractivity contribution in [3.63, 3.8) is 0 Å². The van der Waals surface area contributed by atoms with Crippen LogP contribution in [0, 0.1) is 12.8 Å². The molecule has 0 radical (unpaired) electrons. The van der Waals surface area contributed by atoms with Gasteiger partial charge in [-0.2, -0.15) is 0 Å². The van der Waals surface area contributed by atoms with Crippen molar-refractivity contribution in [2.24, 2.45) is 5.73 Å². The van der Waals surface area contributed by atoms with E-state index in [2.05, 4.69) is 17.7 Å². The number of aliphatic carboxylic acids is 1. The molecule has 1 aromatic carbocycles. The summed E-state index contributed by atoms with van der Waals surface area (Å²) in [5.41, 5.74) is 6.29. The highest BCUT2D eigenvalue weighted by atomic mass is 35.5. The predicted octanol–water partition coefficient (Wildman–Crippen LogP) is 1.87. The molecule has 39 heavy (non-hydrogen) atoms. The van der Waals surface area contributed by atoms with Crippen LogP contribution in [0.1, 0.15) is 24.8 Å². The first-order valence-corrected chi connectivity index (χ1v) is 13.1. The number of esters is 1. The number of ether oxygens (including phenoxy) is 2. The summed E-state index contributed by atoms with van der Waals surface area (Å²) in [4.78, 5) is 54.6. The smallest absolute Gasteiger partial charge is 0.409 e. The van der Waals surface area contributed by atoms with Crippen molar-refractivity contribution in [2.45, 2.75) is 43.8 Å². The number of halogens is 2. The summed E-state index contributed by atoms with van der Waals surface area (Å²) >= 11 is 12.1. The molecule has 13 heteroatoms. The van der Waals surface area contributed by atoms with E-state index in [4.69, 9.17) is 43.5 Å². The third kappa shape index (κ3) is 9.28. The molecule has 2 aliphatic heterocycles. The Morgan fingerprint density at radius 1 is 1.08 bits per heavy atom. The third-order valence-electron chi connectivity index (χ3n) is 6.55. The number of hydrogen-bond donors (Lipinski definition) is 2. The standard InChI is InChI=1S/C24H32Cl2N4O7.C2H2/c1-36-24(35)30-12-16(11-28-6-2-3-7-28)29(21(31)9-15-4-5-18(25)19(26)8-15)13-17(30)14-37-23(34)20(27)10-22(32)33;1-2/h4-5,8,16-17,20H,2-3,6-7,9-14,27H2,1H3,(H,32,33);1-2H/t16-,17+,20-;/m1./s1. The normalized spacial score (nSPS) is 19.9. The minimum Gasteiger partial charge on any atom is -0.481 e. The van der Waals surface area contributed by atoms with Gasteiger partial charge < -0.3 is 30.1 Å². The van der Waals surface area contributed by atoms with Crippen LogP contribution in [0.3, 0.4) is 0 Å². The summed E-state index contributed by atoms with van der Waals surface area (Å²) in [7, 11) is 1.26. The van der Waals surface area contributed by atoms with Gasteiger partial charge in [-0.1, -0.05) is 29.3 Å². The summed E-state index contributed by atoms with van der Waals surface area (Å²) in [6.45, 7) is 2.40. The number of benzene rings is 1. The van der Waals surface area contributed by atoms with Gasteiger partial charge >= 0.3 is 18.0 Å². The van der Waals surface area contributed by atoms with Crippen LogP contribution in [-0.4, -0.2) is 108 Å². The molecule has 2 aliphatic rings. The molecule has 0 spiro atoms. The molecule has 1 aromatic rings. The molecular weight excluding hydrogens is 551 g/mol. The van der Waals surface area contributed by atoms with Crippen LogP contribution in [0.25, 0.3) is 0 Å². The molecular formula is C26H34Cl2N4O7. The van der Waals surface area contributed by atoms with Crippen molar-refractivity contribution in [2.75, 3.05) is 46.4 Å². The van der Waals surface area contributed by atoms with Gasteiger partial charge in [0, 0.05) is 19.6 Å². The van der Waals surface area contributed by atoms with Crippen LogP contribution in [-0.2, 0) is 30.3 Å². The number of piperazine rings is 1. The second-order valence-electron chi connectivity index (χ2n) is 9.24. The van der Waals surface area contributed by atoms with Crippen molar-refractivity contribution < 1.29 is 33.8 Å². The average Bonchev–Trinajstić information content (AvgIpc) is 3.43. The Bertz CT molecular complexity index is 1050. The highest BCUT2D eigenvalue weighted by Crippen LogP contribution is 2.25. The van der Waals surface area contributed by atoms with E-state index in [1.165, 1.54) is 12.0 Å². The maximum absolute atomic E-state index is 13.5. The maximum atomic E-state index is 13.5. The first-order valence-electron chi connectivity index (χ1n) is 12.4. The van der Waals surface area contributed by atoms with Gasteiger partial charge in [0.05, 0.1) is 42.1 Å². The zero-order valence-corrected chi connectivity index (χ0v) is 23.3. The Labute approximate surface area is 238 Å². The number of hydrogen-bond acceptors (Lipinski definition) is 8. The van der Waals surface area contributed by atoms with E-state index >= 15 is 0 Å². The predicted molar refractivity (Wildman–Crippen MR) is 145 cm³/mol. The van der Waals surface area contributed by atoms with Crippen molar-refractivity contribution in [3.8, 4) is 12.8 Å². The van der Waals surface area contributed by atoms with E-state index in [1.54, 1.807) is 23.1 Å². The van der Waals surface area contributed by atoms with Crippen LogP contribution in [0.15, 0.2) is 18.2 Å². The van der Waals surface area contributed by atoms with E-state index in [9.17, 15) is 19.2 Å². The fourth-order valence-corrected chi connectivity index (χ4v) is 4.96. The van der Waals surface area contributed by atoms with E-state index < -0.39 is 36.5 Å². The molecule has 0 unspecified atom stereocenters. The summed E-state index contributed by atoms with van der Waals surface area (Å²) in [6.07, 6.45) is 9.01. The van der Waals surface area contributed by atoms with Crippen molar-refractivity contribution >= 4 is 47.1 Å². The van der Waals surface area contributed by atoms with Crippen LogP contribution in [0.4, 0.5) is 4.79 Å². The molecule has 11 nitrogen and oxygen atoms in total. The van der Waals surface area contributed by atoms with Crippen LogP contribution < -0.4 is 5.73 Å². The van der Waals surface area contributed by atoms with Gasteiger partial charge in [0.15, 0.2) is 0 Å². The number of likely N-dealkylation sites (tertiary alicyclic amines) is 1. The average molecular weight is 585 g/mol. The lowest BCUT2D eigenvalue weighted by atomic mass is 10.0. The highest BCUT2D eigenvalue weighted by molar-refractivity contribution is 6.42. The number of methoxy groups -OCH3 is 1. The van der Waals surface area contributed by atoms with Gasteiger partial charge in [-0.05, 0) is 43.6 Å². The summed E-state index contributed by atoms with van der Waals surface area (Å²) in [5, 5.41) is 9.61. The Hall–Kier alpha value is -3.04. The van der Waals surface area contributed by atoms with Gasteiger partial charge in [0.1, 0.15) is 12.6 Å². The Morgan fingerprint density at radius 2 is 1.72 bits per heavy atom. The number of rotatable bonds is 9. The first kappa shape index (κ1) is 32.2. The largest absolute Gasteiger partial charge is 0.481 e. The molecule has 214 valence electrons.